The fourth-order valence-corrected chi connectivity index (χ4v) is 2.75. The van der Waals surface area contributed by atoms with Gasteiger partial charge in [0.1, 0.15) is 6.26 Å². The molecule has 1 unspecified atom stereocenters. The molecule has 146 valence electrons. The molecule has 2 N–H and O–H groups in total. The van der Waals surface area contributed by atoms with Gasteiger partial charge in [0.05, 0.1) is 6.61 Å². The zero-order chi connectivity index (χ0) is 19.8. The lowest BCUT2D eigenvalue weighted by Crippen LogP contribution is -2.21. The number of unbranched alkanes of at least 4 members (excludes halogenated alkanes) is 1. The summed E-state index contributed by atoms with van der Waals surface area (Å²) in [7, 11) is 0. The summed E-state index contributed by atoms with van der Waals surface area (Å²) in [5, 5.41) is 13.2. The molecule has 1 atom stereocenters. The van der Waals surface area contributed by atoms with Crippen molar-refractivity contribution >= 4 is 0 Å². The summed E-state index contributed by atoms with van der Waals surface area (Å²) in [6.07, 6.45) is 2.03. The molecule has 0 fully saturated rings. The highest BCUT2D eigenvalue weighted by molar-refractivity contribution is 5.63. The summed E-state index contributed by atoms with van der Waals surface area (Å²) < 4.78 is 10.7. The van der Waals surface area contributed by atoms with Gasteiger partial charge >= 0.3 is 0 Å². The van der Waals surface area contributed by atoms with Crippen LogP contribution in [0.1, 0.15) is 37.3 Å². The smallest absolute Gasteiger partial charge is 0.227 e. The average Bonchev–Trinajstić information content (AvgIpc) is 2.74. The SMILES string of the molecule is CCCCOc1coc(C(O)NCc2ccc(-c3ccccc3)cc2)cc1=O. The van der Waals surface area contributed by atoms with Crippen LogP contribution in [0.25, 0.3) is 11.1 Å². The molecule has 1 aromatic heterocycles. The normalized spacial score (nSPS) is 11.9. The molecule has 3 aromatic rings. The highest BCUT2D eigenvalue weighted by Crippen LogP contribution is 2.19. The molecule has 5 nitrogen and oxygen atoms in total. The third-order valence-corrected chi connectivity index (χ3v) is 4.40. The van der Waals surface area contributed by atoms with E-state index in [4.69, 9.17) is 9.15 Å². The average molecular weight is 379 g/mol. The lowest BCUT2D eigenvalue weighted by molar-refractivity contribution is 0.109. The summed E-state index contributed by atoms with van der Waals surface area (Å²) in [6.45, 7) is 2.96. The zero-order valence-corrected chi connectivity index (χ0v) is 15.9. The largest absolute Gasteiger partial charge is 0.487 e. The Kier molecular flexibility index (Phi) is 7.00. The Bertz CT molecular complexity index is 919. The van der Waals surface area contributed by atoms with Crippen LogP contribution >= 0.6 is 0 Å². The number of benzene rings is 2. The molecule has 3 rings (SSSR count). The predicted molar refractivity (Wildman–Crippen MR) is 109 cm³/mol. The van der Waals surface area contributed by atoms with E-state index in [1.54, 1.807) is 0 Å². The summed E-state index contributed by atoms with van der Waals surface area (Å²) >= 11 is 0. The molecule has 0 aliphatic carbocycles. The van der Waals surface area contributed by atoms with Crippen molar-refractivity contribution in [3.63, 3.8) is 0 Å². The lowest BCUT2D eigenvalue weighted by atomic mass is 10.0. The van der Waals surface area contributed by atoms with E-state index in [1.807, 2.05) is 49.4 Å². The molecule has 0 aliphatic rings. The van der Waals surface area contributed by atoms with Crippen molar-refractivity contribution < 1.29 is 14.3 Å². The quantitative estimate of drug-likeness (QED) is 0.429. The Morgan fingerprint density at radius 1 is 1.07 bits per heavy atom. The second-order valence-electron chi connectivity index (χ2n) is 6.56. The second kappa shape index (κ2) is 9.88. The van der Waals surface area contributed by atoms with Crippen LogP contribution in [-0.2, 0) is 6.54 Å². The number of ether oxygens (including phenoxy) is 1. The molecule has 0 saturated carbocycles. The van der Waals surface area contributed by atoms with Crippen molar-refractivity contribution in [2.75, 3.05) is 6.61 Å². The van der Waals surface area contributed by atoms with Gasteiger partial charge in [-0.05, 0) is 23.1 Å². The molecule has 28 heavy (non-hydrogen) atoms. The maximum Gasteiger partial charge on any atom is 0.227 e. The molecule has 0 bridgehead atoms. The summed E-state index contributed by atoms with van der Waals surface area (Å²) in [5.74, 6) is 0.328. The molecule has 0 radical (unpaired) electrons. The number of aliphatic hydroxyl groups is 1. The maximum atomic E-state index is 12.1. The van der Waals surface area contributed by atoms with Crippen LogP contribution in [-0.4, -0.2) is 11.7 Å². The molecule has 0 aliphatic heterocycles. The fraction of sp³-hybridized carbons (Fsp3) is 0.261. The Morgan fingerprint density at radius 3 is 2.46 bits per heavy atom. The van der Waals surface area contributed by atoms with Crippen molar-refractivity contribution in [1.82, 2.24) is 5.32 Å². The van der Waals surface area contributed by atoms with Crippen LogP contribution in [0, 0.1) is 0 Å². The number of rotatable bonds is 9. The van der Waals surface area contributed by atoms with Gasteiger partial charge in [0.25, 0.3) is 0 Å². The predicted octanol–water partition coefficient (Wildman–Crippen LogP) is 4.27. The fourth-order valence-electron chi connectivity index (χ4n) is 2.75. The number of hydrogen-bond donors (Lipinski definition) is 2. The Hall–Kier alpha value is -2.89. The first-order chi connectivity index (χ1) is 13.7. The Morgan fingerprint density at radius 2 is 1.79 bits per heavy atom. The van der Waals surface area contributed by atoms with Crippen LogP contribution in [0.5, 0.6) is 5.75 Å². The van der Waals surface area contributed by atoms with Gasteiger partial charge in [-0.2, -0.15) is 0 Å². The lowest BCUT2D eigenvalue weighted by Gasteiger charge is -2.13. The van der Waals surface area contributed by atoms with Gasteiger partial charge in [0.2, 0.25) is 11.2 Å². The van der Waals surface area contributed by atoms with Gasteiger partial charge in [-0.25, -0.2) is 0 Å². The van der Waals surface area contributed by atoms with E-state index in [2.05, 4.69) is 17.4 Å². The first-order valence-electron chi connectivity index (χ1n) is 9.48. The minimum absolute atomic E-state index is 0.161. The van der Waals surface area contributed by atoms with Crippen molar-refractivity contribution in [3.8, 4) is 16.9 Å². The van der Waals surface area contributed by atoms with Gasteiger partial charge in [0, 0.05) is 12.6 Å². The minimum Gasteiger partial charge on any atom is -0.487 e. The van der Waals surface area contributed by atoms with Crippen LogP contribution in [0.15, 0.2) is 76.1 Å². The Labute approximate surface area is 164 Å². The Balaban J connectivity index is 1.57. The van der Waals surface area contributed by atoms with Crippen molar-refractivity contribution in [2.24, 2.45) is 0 Å². The van der Waals surface area contributed by atoms with Crippen molar-refractivity contribution in [1.29, 1.82) is 0 Å². The van der Waals surface area contributed by atoms with Crippen molar-refractivity contribution in [2.45, 2.75) is 32.5 Å². The molecule has 0 amide bonds. The van der Waals surface area contributed by atoms with Crippen LogP contribution in [0.2, 0.25) is 0 Å². The van der Waals surface area contributed by atoms with Crippen LogP contribution in [0.3, 0.4) is 0 Å². The van der Waals surface area contributed by atoms with E-state index in [-0.39, 0.29) is 16.9 Å². The molecule has 0 spiro atoms. The molecule has 0 saturated heterocycles. The molecule has 5 heteroatoms. The van der Waals surface area contributed by atoms with E-state index in [0.717, 1.165) is 29.5 Å². The van der Waals surface area contributed by atoms with Crippen LogP contribution in [0.4, 0.5) is 0 Å². The molecule has 2 aromatic carbocycles. The first kappa shape index (κ1) is 19.9. The number of nitrogens with one attached hydrogen (secondary N) is 1. The number of aliphatic hydroxyl groups excluding tert-OH is 1. The first-order valence-corrected chi connectivity index (χ1v) is 9.48. The highest BCUT2D eigenvalue weighted by Gasteiger charge is 2.13. The third-order valence-electron chi connectivity index (χ3n) is 4.40. The highest BCUT2D eigenvalue weighted by atomic mass is 16.5. The van der Waals surface area contributed by atoms with E-state index in [9.17, 15) is 9.90 Å². The van der Waals surface area contributed by atoms with Crippen LogP contribution < -0.4 is 15.5 Å². The van der Waals surface area contributed by atoms with E-state index < -0.39 is 6.23 Å². The van der Waals surface area contributed by atoms with E-state index >= 15 is 0 Å². The van der Waals surface area contributed by atoms with Gasteiger partial charge < -0.3 is 14.3 Å². The second-order valence-corrected chi connectivity index (χ2v) is 6.56. The minimum atomic E-state index is -1.08. The van der Waals surface area contributed by atoms with E-state index in [1.165, 1.54) is 12.3 Å². The monoisotopic (exact) mass is 379 g/mol. The van der Waals surface area contributed by atoms with Gasteiger partial charge in [-0.15, -0.1) is 0 Å². The zero-order valence-electron chi connectivity index (χ0n) is 15.9. The third kappa shape index (κ3) is 5.31. The number of hydrogen-bond acceptors (Lipinski definition) is 5. The molecular weight excluding hydrogens is 354 g/mol. The summed E-state index contributed by atoms with van der Waals surface area (Å²) in [5.41, 5.74) is 3.01. The van der Waals surface area contributed by atoms with Gasteiger partial charge in [-0.1, -0.05) is 67.9 Å². The van der Waals surface area contributed by atoms with Crippen molar-refractivity contribution in [3.05, 3.63) is 88.5 Å². The topological polar surface area (TPSA) is 71.7 Å². The molecular formula is C23H25NO4. The standard InChI is InChI=1S/C23H25NO4/c1-2-3-13-27-22-16-28-21(14-20(22)25)23(26)24-15-17-9-11-19(12-10-17)18-7-5-4-6-8-18/h4-12,14,16,23-24,26H,2-3,13,15H2,1H3. The maximum absolute atomic E-state index is 12.1. The van der Waals surface area contributed by atoms with Gasteiger partial charge in [0.15, 0.2) is 12.0 Å². The molecule has 1 heterocycles. The summed E-state index contributed by atoms with van der Waals surface area (Å²) in [6, 6.07) is 19.5. The van der Waals surface area contributed by atoms with E-state index in [0.29, 0.717) is 13.2 Å². The van der Waals surface area contributed by atoms with Gasteiger partial charge in [-0.3, -0.25) is 10.1 Å². The summed E-state index contributed by atoms with van der Waals surface area (Å²) in [4.78, 5) is 12.1.